The molecule has 0 radical (unpaired) electrons. The minimum Gasteiger partial charge on any atom is -0.320 e. The molecule has 1 unspecified atom stereocenters. The molecule has 1 aliphatic rings. The lowest BCUT2D eigenvalue weighted by molar-refractivity contribution is -0.383. The van der Waals surface area contributed by atoms with E-state index in [0.29, 0.717) is 16.7 Å². The van der Waals surface area contributed by atoms with Crippen LogP contribution in [0.2, 0.25) is 5.02 Å². The smallest absolute Gasteiger partial charge is 0.292 e. The third-order valence-corrected chi connectivity index (χ3v) is 6.98. The maximum Gasteiger partial charge on any atom is 0.292 e. The summed E-state index contributed by atoms with van der Waals surface area (Å²) < 4.78 is 15.4. The highest BCUT2D eigenvalue weighted by Crippen LogP contribution is 2.31. The van der Waals surface area contributed by atoms with Crippen molar-refractivity contribution in [2.24, 2.45) is 0 Å². The van der Waals surface area contributed by atoms with Crippen LogP contribution in [-0.4, -0.2) is 49.3 Å². The normalized spacial score (nSPS) is 15.1. The molecule has 4 rings (SSSR count). The van der Waals surface area contributed by atoms with Crippen molar-refractivity contribution in [1.29, 1.82) is 0 Å². The van der Waals surface area contributed by atoms with Crippen LogP contribution in [0.1, 0.15) is 38.1 Å². The number of piperidine rings is 1. The molecule has 1 amide bonds. The number of likely N-dealkylation sites (tertiary alicyclic amines) is 1. The number of nitrogens with one attached hydrogen (secondary N) is 1. The van der Waals surface area contributed by atoms with E-state index in [1.807, 2.05) is 4.57 Å². The first-order chi connectivity index (χ1) is 16.8. The van der Waals surface area contributed by atoms with Gasteiger partial charge in [-0.15, -0.1) is 10.2 Å². The molecular weight excluding hydrogens is 495 g/mol. The number of nitro benzene ring substituents is 1. The van der Waals surface area contributed by atoms with Crippen molar-refractivity contribution in [2.75, 3.05) is 24.2 Å². The van der Waals surface area contributed by atoms with Gasteiger partial charge in [0, 0.05) is 16.8 Å². The molecule has 1 N–H and O–H groups in total. The van der Waals surface area contributed by atoms with Crippen LogP contribution in [0.5, 0.6) is 0 Å². The van der Waals surface area contributed by atoms with Crippen molar-refractivity contribution in [2.45, 2.75) is 37.4 Å². The zero-order chi connectivity index (χ0) is 24.9. The third-order valence-electron chi connectivity index (χ3n) is 5.82. The van der Waals surface area contributed by atoms with Crippen molar-refractivity contribution in [1.82, 2.24) is 19.7 Å². The van der Waals surface area contributed by atoms with E-state index in [-0.39, 0.29) is 34.0 Å². The van der Waals surface area contributed by atoms with Gasteiger partial charge in [0.25, 0.3) is 5.69 Å². The van der Waals surface area contributed by atoms with Gasteiger partial charge < -0.3 is 5.32 Å². The van der Waals surface area contributed by atoms with E-state index in [9.17, 15) is 19.3 Å². The first-order valence-corrected chi connectivity index (χ1v) is 12.5. The maximum atomic E-state index is 13.6. The Hall–Kier alpha value is -3.02. The molecule has 3 aromatic rings. The molecule has 1 saturated heterocycles. The van der Waals surface area contributed by atoms with Gasteiger partial charge in [0.15, 0.2) is 11.0 Å². The number of anilines is 1. The van der Waals surface area contributed by atoms with Gasteiger partial charge in [0.05, 0.1) is 16.7 Å². The summed E-state index contributed by atoms with van der Waals surface area (Å²) in [5.41, 5.74) is 0.455. The second-order valence-electron chi connectivity index (χ2n) is 8.18. The number of amides is 1. The Labute approximate surface area is 210 Å². The van der Waals surface area contributed by atoms with Gasteiger partial charge in [-0.1, -0.05) is 29.8 Å². The summed E-state index contributed by atoms with van der Waals surface area (Å²) >= 11 is 7.08. The van der Waals surface area contributed by atoms with E-state index in [1.165, 1.54) is 36.8 Å². The van der Waals surface area contributed by atoms with E-state index in [4.69, 9.17) is 11.6 Å². The lowest BCUT2D eigenvalue weighted by atomic mass is 10.1. The van der Waals surface area contributed by atoms with Gasteiger partial charge in [-0.05, 0) is 69.3 Å². The minimum atomic E-state index is -0.585. The molecule has 1 aromatic heterocycles. The summed E-state index contributed by atoms with van der Waals surface area (Å²) in [5.74, 6) is -0.183. The summed E-state index contributed by atoms with van der Waals surface area (Å²) in [6.07, 6.45) is 3.44. The zero-order valence-electron chi connectivity index (χ0n) is 19.0. The Kier molecular flexibility index (Phi) is 7.99. The number of carbonyl (C=O) groups is 1. The predicted octanol–water partition coefficient (Wildman–Crippen LogP) is 5.25. The second kappa shape index (κ2) is 11.1. The molecule has 0 saturated carbocycles. The number of nitro groups is 1. The van der Waals surface area contributed by atoms with Gasteiger partial charge in [-0.25, -0.2) is 4.39 Å². The first-order valence-electron chi connectivity index (χ1n) is 11.2. The molecule has 2 heterocycles. The molecule has 1 aliphatic heterocycles. The topological polar surface area (TPSA) is 106 Å². The van der Waals surface area contributed by atoms with E-state index in [2.05, 4.69) is 27.3 Å². The quantitative estimate of drug-likeness (QED) is 0.247. The Bertz CT molecular complexity index is 1220. The van der Waals surface area contributed by atoms with Crippen molar-refractivity contribution in [3.8, 4) is 5.69 Å². The summed E-state index contributed by atoms with van der Waals surface area (Å²) in [7, 11) is 0. The fraction of sp³-hybridized carbons (Fsp3) is 0.348. The van der Waals surface area contributed by atoms with E-state index in [0.717, 1.165) is 37.7 Å². The summed E-state index contributed by atoms with van der Waals surface area (Å²) in [6.45, 7) is 3.98. The number of hydrogen-bond acceptors (Lipinski definition) is 7. The molecule has 0 aliphatic carbocycles. The summed E-state index contributed by atoms with van der Waals surface area (Å²) in [6, 6.07) is 9.96. The number of benzene rings is 2. The van der Waals surface area contributed by atoms with Crippen molar-refractivity contribution in [3.63, 3.8) is 0 Å². The highest BCUT2D eigenvalue weighted by molar-refractivity contribution is 7.99. The molecule has 35 heavy (non-hydrogen) atoms. The SMILES string of the molecule is CC(c1nnc(SCC(=O)Nc2cc(Cl)ccc2[N+](=O)[O-])n1-c1ccc(F)cc1)N1CCCCC1. The fourth-order valence-corrected chi connectivity index (χ4v) is 4.96. The monoisotopic (exact) mass is 518 g/mol. The Morgan fingerprint density at radius 2 is 1.91 bits per heavy atom. The average molecular weight is 519 g/mol. The van der Waals surface area contributed by atoms with Crippen LogP contribution in [0.3, 0.4) is 0 Å². The highest BCUT2D eigenvalue weighted by Gasteiger charge is 2.26. The lowest BCUT2D eigenvalue weighted by Crippen LogP contribution is -2.33. The number of nitrogens with zero attached hydrogens (tertiary/aromatic N) is 5. The number of halogens is 2. The minimum absolute atomic E-state index is 0.0208. The summed E-state index contributed by atoms with van der Waals surface area (Å²) in [5, 5.41) is 23.3. The van der Waals surface area contributed by atoms with Crippen LogP contribution in [0.4, 0.5) is 15.8 Å². The first kappa shape index (κ1) is 25.1. The standard InChI is InChI=1S/C23H24ClFN6O3S/c1-15(29-11-3-2-4-12-29)22-27-28-23(30(22)18-8-6-17(25)7-9-18)35-14-21(32)26-19-13-16(24)5-10-20(19)31(33)34/h5-10,13,15H,2-4,11-12,14H2,1H3,(H,26,32). The molecule has 0 bridgehead atoms. The van der Waals surface area contributed by atoms with E-state index < -0.39 is 10.8 Å². The van der Waals surface area contributed by atoms with Gasteiger partial charge in [-0.3, -0.25) is 24.4 Å². The van der Waals surface area contributed by atoms with Crippen LogP contribution < -0.4 is 5.32 Å². The van der Waals surface area contributed by atoms with Crippen molar-refractivity contribution >= 4 is 40.6 Å². The van der Waals surface area contributed by atoms with Crippen LogP contribution in [0.25, 0.3) is 5.69 Å². The van der Waals surface area contributed by atoms with Gasteiger partial charge in [0.1, 0.15) is 11.5 Å². The highest BCUT2D eigenvalue weighted by atomic mass is 35.5. The number of rotatable bonds is 8. The third kappa shape index (κ3) is 5.98. The van der Waals surface area contributed by atoms with Crippen LogP contribution in [0, 0.1) is 15.9 Å². The van der Waals surface area contributed by atoms with Crippen LogP contribution in [-0.2, 0) is 4.79 Å². The molecule has 9 nitrogen and oxygen atoms in total. The number of carbonyl (C=O) groups excluding carboxylic acids is 1. The zero-order valence-corrected chi connectivity index (χ0v) is 20.6. The Morgan fingerprint density at radius 1 is 1.20 bits per heavy atom. The van der Waals surface area contributed by atoms with Gasteiger partial charge >= 0.3 is 0 Å². The van der Waals surface area contributed by atoms with Crippen molar-refractivity contribution < 1.29 is 14.1 Å². The molecule has 1 atom stereocenters. The van der Waals surface area contributed by atoms with Gasteiger partial charge in [0.2, 0.25) is 5.91 Å². The molecular formula is C23H24ClFN6O3S. The number of hydrogen-bond donors (Lipinski definition) is 1. The fourth-order valence-electron chi connectivity index (χ4n) is 4.03. The van der Waals surface area contributed by atoms with Crippen LogP contribution in [0.15, 0.2) is 47.6 Å². The molecule has 12 heteroatoms. The molecule has 184 valence electrons. The largest absolute Gasteiger partial charge is 0.320 e. The predicted molar refractivity (Wildman–Crippen MR) is 133 cm³/mol. The average Bonchev–Trinajstić information content (AvgIpc) is 3.27. The maximum absolute atomic E-state index is 13.6. The molecule has 1 fully saturated rings. The second-order valence-corrected chi connectivity index (χ2v) is 9.56. The van der Waals surface area contributed by atoms with E-state index in [1.54, 1.807) is 12.1 Å². The van der Waals surface area contributed by atoms with Gasteiger partial charge in [-0.2, -0.15) is 0 Å². The van der Waals surface area contributed by atoms with Crippen molar-refractivity contribution in [3.05, 3.63) is 69.2 Å². The number of thioether (sulfide) groups is 1. The molecule has 0 spiro atoms. The lowest BCUT2D eigenvalue weighted by Gasteiger charge is -2.31. The Morgan fingerprint density at radius 3 is 2.60 bits per heavy atom. The molecule has 2 aromatic carbocycles. The van der Waals surface area contributed by atoms with E-state index >= 15 is 0 Å². The Balaban J connectivity index is 1.56. The number of aromatic nitrogens is 3. The summed E-state index contributed by atoms with van der Waals surface area (Å²) in [4.78, 5) is 25.7. The van der Waals surface area contributed by atoms with Crippen LogP contribution >= 0.6 is 23.4 Å².